The van der Waals surface area contributed by atoms with Gasteiger partial charge in [0.2, 0.25) is 0 Å². The first kappa shape index (κ1) is 14.0. The Morgan fingerprint density at radius 2 is 1.75 bits per heavy atom. The second-order valence-electron chi connectivity index (χ2n) is 5.53. The van der Waals surface area contributed by atoms with Gasteiger partial charge in [-0.1, -0.05) is 40.0 Å². The fourth-order valence-electron chi connectivity index (χ4n) is 2.87. The van der Waals surface area contributed by atoms with Crippen LogP contribution < -0.4 is 5.32 Å². The predicted octanol–water partition coefficient (Wildman–Crippen LogP) is 3.03. The first-order valence-corrected chi connectivity index (χ1v) is 7.14. The second-order valence-corrected chi connectivity index (χ2v) is 5.53. The minimum atomic E-state index is 0.604. The molecule has 0 aliphatic heterocycles. The van der Waals surface area contributed by atoms with Crippen molar-refractivity contribution in [2.45, 2.75) is 77.9 Å². The van der Waals surface area contributed by atoms with Crippen molar-refractivity contribution >= 4 is 0 Å². The molecule has 0 aromatic carbocycles. The van der Waals surface area contributed by atoms with Gasteiger partial charge >= 0.3 is 0 Å². The summed E-state index contributed by atoms with van der Waals surface area (Å²) in [5.41, 5.74) is 0. The molecule has 0 amide bonds. The van der Waals surface area contributed by atoms with Crippen LogP contribution in [0.15, 0.2) is 0 Å². The number of hydrogen-bond donors (Lipinski definition) is 1. The smallest absolute Gasteiger partial charge is 0.0195 e. The zero-order chi connectivity index (χ0) is 12.0. The molecule has 1 fully saturated rings. The lowest BCUT2D eigenvalue weighted by molar-refractivity contribution is 0.116. The molecule has 0 spiro atoms. The minimum absolute atomic E-state index is 0.604. The molecule has 2 heteroatoms. The van der Waals surface area contributed by atoms with Gasteiger partial charge in [0, 0.05) is 24.7 Å². The van der Waals surface area contributed by atoms with Crippen molar-refractivity contribution in [3.8, 4) is 0 Å². The standard InChI is InChI=1S/C14H30N2/c1-5-16(13(4)11-15-12(2)3)14-9-7-6-8-10-14/h12-15H,5-11H2,1-4H3. The van der Waals surface area contributed by atoms with Crippen molar-refractivity contribution in [2.24, 2.45) is 0 Å². The van der Waals surface area contributed by atoms with Crippen molar-refractivity contribution in [1.29, 1.82) is 0 Å². The lowest BCUT2D eigenvalue weighted by atomic mass is 9.93. The molecule has 16 heavy (non-hydrogen) atoms. The molecular formula is C14H30N2. The van der Waals surface area contributed by atoms with E-state index in [9.17, 15) is 0 Å². The van der Waals surface area contributed by atoms with Crippen LogP contribution in [-0.4, -0.2) is 36.1 Å². The molecule has 1 aliphatic rings. The maximum absolute atomic E-state index is 3.56. The molecule has 1 unspecified atom stereocenters. The Hall–Kier alpha value is -0.0800. The van der Waals surface area contributed by atoms with E-state index in [2.05, 4.69) is 37.9 Å². The van der Waals surface area contributed by atoms with Crippen LogP contribution in [0.25, 0.3) is 0 Å². The Kier molecular flexibility index (Phi) is 6.37. The normalized spacial score (nSPS) is 20.6. The van der Waals surface area contributed by atoms with Crippen molar-refractivity contribution in [3.63, 3.8) is 0 Å². The van der Waals surface area contributed by atoms with E-state index in [4.69, 9.17) is 0 Å². The molecule has 1 atom stereocenters. The zero-order valence-electron chi connectivity index (χ0n) is 11.6. The second kappa shape index (κ2) is 7.29. The minimum Gasteiger partial charge on any atom is -0.313 e. The van der Waals surface area contributed by atoms with Gasteiger partial charge in [0.15, 0.2) is 0 Å². The first-order valence-electron chi connectivity index (χ1n) is 7.14. The van der Waals surface area contributed by atoms with Crippen LogP contribution in [0.4, 0.5) is 0 Å². The fraction of sp³-hybridized carbons (Fsp3) is 1.00. The fourth-order valence-corrected chi connectivity index (χ4v) is 2.87. The zero-order valence-corrected chi connectivity index (χ0v) is 11.6. The molecule has 0 aromatic rings. The van der Waals surface area contributed by atoms with E-state index >= 15 is 0 Å². The number of hydrogen-bond acceptors (Lipinski definition) is 2. The van der Waals surface area contributed by atoms with Crippen LogP contribution in [0.2, 0.25) is 0 Å². The SMILES string of the molecule is CCN(C(C)CNC(C)C)C1CCCCC1. The Balaban J connectivity index is 2.38. The molecule has 0 saturated heterocycles. The third kappa shape index (κ3) is 4.42. The summed E-state index contributed by atoms with van der Waals surface area (Å²) in [4.78, 5) is 2.70. The van der Waals surface area contributed by atoms with Gasteiger partial charge in [-0.05, 0) is 26.3 Å². The first-order chi connectivity index (χ1) is 7.65. The van der Waals surface area contributed by atoms with Gasteiger partial charge in [-0.15, -0.1) is 0 Å². The summed E-state index contributed by atoms with van der Waals surface area (Å²) >= 11 is 0. The third-order valence-electron chi connectivity index (χ3n) is 3.80. The van der Waals surface area contributed by atoms with E-state index in [1.165, 1.54) is 38.6 Å². The summed E-state index contributed by atoms with van der Waals surface area (Å²) in [6.07, 6.45) is 7.16. The molecule has 0 bridgehead atoms. The van der Waals surface area contributed by atoms with Crippen LogP contribution >= 0.6 is 0 Å². The topological polar surface area (TPSA) is 15.3 Å². The molecule has 1 saturated carbocycles. The monoisotopic (exact) mass is 226 g/mol. The van der Waals surface area contributed by atoms with E-state index in [0.717, 1.165) is 12.6 Å². The van der Waals surface area contributed by atoms with Crippen LogP contribution in [-0.2, 0) is 0 Å². The summed E-state index contributed by atoms with van der Waals surface area (Å²) < 4.78 is 0. The highest BCUT2D eigenvalue weighted by molar-refractivity contribution is 4.80. The van der Waals surface area contributed by atoms with Crippen LogP contribution in [0.5, 0.6) is 0 Å². The molecule has 0 radical (unpaired) electrons. The molecule has 1 rings (SSSR count). The van der Waals surface area contributed by atoms with Crippen molar-refractivity contribution < 1.29 is 0 Å². The third-order valence-corrected chi connectivity index (χ3v) is 3.80. The van der Waals surface area contributed by atoms with E-state index in [-0.39, 0.29) is 0 Å². The number of nitrogens with one attached hydrogen (secondary N) is 1. The van der Waals surface area contributed by atoms with Gasteiger partial charge in [0.25, 0.3) is 0 Å². The highest BCUT2D eigenvalue weighted by Crippen LogP contribution is 2.23. The lowest BCUT2D eigenvalue weighted by Crippen LogP contribution is -2.47. The molecule has 96 valence electrons. The summed E-state index contributed by atoms with van der Waals surface area (Å²) in [5.74, 6) is 0. The van der Waals surface area contributed by atoms with Gasteiger partial charge in [-0.3, -0.25) is 4.90 Å². The summed E-state index contributed by atoms with van der Waals surface area (Å²) in [6.45, 7) is 11.5. The highest BCUT2D eigenvalue weighted by Gasteiger charge is 2.23. The van der Waals surface area contributed by atoms with Crippen molar-refractivity contribution in [1.82, 2.24) is 10.2 Å². The maximum Gasteiger partial charge on any atom is 0.0195 e. The Morgan fingerprint density at radius 3 is 2.25 bits per heavy atom. The molecular weight excluding hydrogens is 196 g/mol. The van der Waals surface area contributed by atoms with Gasteiger partial charge < -0.3 is 5.32 Å². The predicted molar refractivity (Wildman–Crippen MR) is 71.9 cm³/mol. The van der Waals surface area contributed by atoms with E-state index in [1.807, 2.05) is 0 Å². The van der Waals surface area contributed by atoms with E-state index in [1.54, 1.807) is 0 Å². The summed E-state index contributed by atoms with van der Waals surface area (Å²) in [6, 6.07) is 2.13. The van der Waals surface area contributed by atoms with Crippen LogP contribution in [0.3, 0.4) is 0 Å². The molecule has 1 N–H and O–H groups in total. The average Bonchev–Trinajstić information content (AvgIpc) is 2.29. The molecule has 0 heterocycles. The van der Waals surface area contributed by atoms with Crippen molar-refractivity contribution in [2.75, 3.05) is 13.1 Å². The van der Waals surface area contributed by atoms with Crippen LogP contribution in [0.1, 0.15) is 59.8 Å². The summed E-state index contributed by atoms with van der Waals surface area (Å²) in [7, 11) is 0. The number of likely N-dealkylation sites (N-methyl/N-ethyl adjacent to an activating group) is 1. The van der Waals surface area contributed by atoms with Gasteiger partial charge in [0.1, 0.15) is 0 Å². The Labute approximate surface area is 102 Å². The molecule has 2 nitrogen and oxygen atoms in total. The van der Waals surface area contributed by atoms with E-state index < -0.39 is 0 Å². The number of rotatable bonds is 6. The largest absolute Gasteiger partial charge is 0.313 e. The van der Waals surface area contributed by atoms with Gasteiger partial charge in [-0.2, -0.15) is 0 Å². The van der Waals surface area contributed by atoms with Crippen molar-refractivity contribution in [3.05, 3.63) is 0 Å². The highest BCUT2D eigenvalue weighted by atomic mass is 15.2. The average molecular weight is 226 g/mol. The van der Waals surface area contributed by atoms with Crippen LogP contribution in [0, 0.1) is 0 Å². The van der Waals surface area contributed by atoms with E-state index in [0.29, 0.717) is 12.1 Å². The lowest BCUT2D eigenvalue weighted by Gasteiger charge is -2.38. The Bertz CT molecular complexity index is 174. The Morgan fingerprint density at radius 1 is 1.12 bits per heavy atom. The van der Waals surface area contributed by atoms with Gasteiger partial charge in [0.05, 0.1) is 0 Å². The maximum atomic E-state index is 3.56. The quantitative estimate of drug-likeness (QED) is 0.749. The van der Waals surface area contributed by atoms with Gasteiger partial charge in [-0.25, -0.2) is 0 Å². The number of nitrogens with zero attached hydrogens (tertiary/aromatic N) is 1. The molecule has 1 aliphatic carbocycles. The summed E-state index contributed by atoms with van der Waals surface area (Å²) in [5, 5.41) is 3.56. The molecule has 0 aromatic heterocycles.